The minimum Gasteiger partial charge on any atom is -0.465 e. The Hall–Kier alpha value is -0.770. The van der Waals surface area contributed by atoms with E-state index in [9.17, 15) is 4.79 Å². The van der Waals surface area contributed by atoms with Gasteiger partial charge >= 0.3 is 6.09 Å². The Morgan fingerprint density at radius 2 is 2.11 bits per heavy atom. The van der Waals surface area contributed by atoms with Gasteiger partial charge < -0.3 is 16.2 Å². The van der Waals surface area contributed by atoms with Crippen LogP contribution in [0.15, 0.2) is 0 Å². The summed E-state index contributed by atoms with van der Waals surface area (Å²) in [6.07, 6.45) is -1.03. The van der Waals surface area contributed by atoms with Gasteiger partial charge in [0.2, 0.25) is 0 Å². The summed E-state index contributed by atoms with van der Waals surface area (Å²) in [7, 11) is 0. The van der Waals surface area contributed by atoms with Crippen LogP contribution < -0.4 is 11.1 Å². The van der Waals surface area contributed by atoms with E-state index in [-0.39, 0.29) is 12.1 Å². The van der Waals surface area contributed by atoms with Crippen LogP contribution in [0.25, 0.3) is 0 Å². The van der Waals surface area contributed by atoms with Crippen LogP contribution in [-0.2, 0) is 0 Å². The molecule has 0 radical (unpaired) electrons. The first-order valence-electron chi connectivity index (χ1n) is 2.79. The molecule has 0 aliphatic rings. The Morgan fingerprint density at radius 3 is 2.22 bits per heavy atom. The molecule has 0 fully saturated rings. The summed E-state index contributed by atoms with van der Waals surface area (Å²) >= 11 is 0. The molecule has 2 atom stereocenters. The Bertz CT molecular complexity index is 103. The molecular weight excluding hydrogens is 120 g/mol. The summed E-state index contributed by atoms with van der Waals surface area (Å²) in [6, 6.07) is -0.316. The molecule has 4 nitrogen and oxygen atoms in total. The molecule has 4 N–H and O–H groups in total. The van der Waals surface area contributed by atoms with Crippen LogP contribution in [0.5, 0.6) is 0 Å². The minimum absolute atomic E-state index is 0.138. The number of hydrogen-bond acceptors (Lipinski definition) is 2. The number of rotatable bonds is 2. The molecule has 9 heavy (non-hydrogen) atoms. The van der Waals surface area contributed by atoms with E-state index in [1.54, 1.807) is 13.8 Å². The zero-order chi connectivity index (χ0) is 7.44. The summed E-state index contributed by atoms with van der Waals surface area (Å²) in [5.74, 6) is 0. The van der Waals surface area contributed by atoms with Crippen molar-refractivity contribution >= 4 is 6.09 Å². The van der Waals surface area contributed by atoms with Crippen molar-refractivity contribution in [3.8, 4) is 0 Å². The van der Waals surface area contributed by atoms with Crippen molar-refractivity contribution in [1.82, 2.24) is 5.32 Å². The molecule has 54 valence electrons. The van der Waals surface area contributed by atoms with Crippen molar-refractivity contribution < 1.29 is 9.90 Å². The van der Waals surface area contributed by atoms with Crippen molar-refractivity contribution in [1.29, 1.82) is 0 Å². The second-order valence-electron chi connectivity index (χ2n) is 2.10. The highest BCUT2D eigenvalue weighted by Gasteiger charge is 2.08. The van der Waals surface area contributed by atoms with Crippen LogP contribution in [0.3, 0.4) is 0 Å². The predicted molar refractivity (Wildman–Crippen MR) is 34.3 cm³/mol. The molecule has 4 heteroatoms. The molecule has 0 heterocycles. The third-order valence-electron chi connectivity index (χ3n) is 1.14. The second-order valence-corrected chi connectivity index (χ2v) is 2.10. The maximum atomic E-state index is 9.95. The molecule has 1 amide bonds. The zero-order valence-electron chi connectivity index (χ0n) is 5.59. The smallest absolute Gasteiger partial charge is 0.404 e. The minimum atomic E-state index is -1.03. The molecule has 0 aliphatic carbocycles. The van der Waals surface area contributed by atoms with Gasteiger partial charge in [-0.05, 0) is 13.8 Å². The van der Waals surface area contributed by atoms with Crippen molar-refractivity contribution in [3.63, 3.8) is 0 Å². The number of hydrogen-bond donors (Lipinski definition) is 3. The van der Waals surface area contributed by atoms with Crippen LogP contribution in [0.1, 0.15) is 13.8 Å². The fraction of sp³-hybridized carbons (Fsp3) is 0.800. The lowest BCUT2D eigenvalue weighted by Crippen LogP contribution is -2.43. The lowest BCUT2D eigenvalue weighted by atomic mass is 10.2. The molecule has 0 aromatic heterocycles. The van der Waals surface area contributed by atoms with Gasteiger partial charge in [0.1, 0.15) is 0 Å². The SMILES string of the molecule is C[C@H](N)[C@H](C)NC(=O)O. The highest BCUT2D eigenvalue weighted by atomic mass is 16.4. The predicted octanol–water partition coefficient (Wildman–Crippen LogP) is -0.0103. The topological polar surface area (TPSA) is 75.3 Å². The molecule has 0 bridgehead atoms. The average Bonchev–Trinajstić information content (AvgIpc) is 1.63. The number of carboxylic acid groups (broad SMARTS) is 1. The standard InChI is InChI=1S/C5H12N2O2/c1-3(6)4(2)7-5(8)9/h3-4,7H,6H2,1-2H3,(H,8,9)/t3-,4-/m0/s1. The van der Waals surface area contributed by atoms with Crippen LogP contribution in [0.4, 0.5) is 4.79 Å². The molecule has 0 aromatic rings. The van der Waals surface area contributed by atoms with Crippen LogP contribution in [0.2, 0.25) is 0 Å². The van der Waals surface area contributed by atoms with E-state index in [0.29, 0.717) is 0 Å². The third kappa shape index (κ3) is 3.78. The molecule has 0 saturated heterocycles. The molecular formula is C5H12N2O2. The van der Waals surface area contributed by atoms with Gasteiger partial charge in [0.25, 0.3) is 0 Å². The molecule has 0 aromatic carbocycles. The number of amides is 1. The third-order valence-corrected chi connectivity index (χ3v) is 1.14. The first kappa shape index (κ1) is 8.23. The Labute approximate surface area is 54.0 Å². The van der Waals surface area contributed by atoms with Crippen molar-refractivity contribution in [3.05, 3.63) is 0 Å². The van der Waals surface area contributed by atoms with Crippen molar-refractivity contribution in [2.45, 2.75) is 25.9 Å². The van der Waals surface area contributed by atoms with Gasteiger partial charge in [0, 0.05) is 12.1 Å². The highest BCUT2D eigenvalue weighted by molar-refractivity contribution is 5.64. The van der Waals surface area contributed by atoms with E-state index < -0.39 is 6.09 Å². The van der Waals surface area contributed by atoms with Gasteiger partial charge in [-0.25, -0.2) is 4.79 Å². The summed E-state index contributed by atoms with van der Waals surface area (Å²) in [6.45, 7) is 3.47. The fourth-order valence-electron chi connectivity index (χ4n) is 0.326. The average molecular weight is 132 g/mol. The van der Waals surface area contributed by atoms with E-state index in [0.717, 1.165) is 0 Å². The number of nitrogens with one attached hydrogen (secondary N) is 1. The highest BCUT2D eigenvalue weighted by Crippen LogP contribution is 1.85. The van der Waals surface area contributed by atoms with Gasteiger partial charge in [-0.2, -0.15) is 0 Å². The lowest BCUT2D eigenvalue weighted by Gasteiger charge is -2.14. The first-order valence-corrected chi connectivity index (χ1v) is 2.79. The van der Waals surface area contributed by atoms with Gasteiger partial charge in [0.05, 0.1) is 0 Å². The van der Waals surface area contributed by atoms with Crippen LogP contribution >= 0.6 is 0 Å². The monoisotopic (exact) mass is 132 g/mol. The van der Waals surface area contributed by atoms with Gasteiger partial charge in [-0.15, -0.1) is 0 Å². The zero-order valence-corrected chi connectivity index (χ0v) is 5.59. The molecule has 0 unspecified atom stereocenters. The maximum absolute atomic E-state index is 9.95. The molecule has 0 saturated carbocycles. The molecule has 0 rings (SSSR count). The summed E-state index contributed by atoms with van der Waals surface area (Å²) in [5, 5.41) is 10.4. The van der Waals surface area contributed by atoms with E-state index in [1.165, 1.54) is 0 Å². The summed E-state index contributed by atoms with van der Waals surface area (Å²) in [5.41, 5.74) is 5.36. The second kappa shape index (κ2) is 3.29. The Balaban J connectivity index is 3.50. The largest absolute Gasteiger partial charge is 0.465 e. The van der Waals surface area contributed by atoms with Crippen LogP contribution in [-0.4, -0.2) is 23.3 Å². The Kier molecular flexibility index (Phi) is 3.01. The maximum Gasteiger partial charge on any atom is 0.404 e. The van der Waals surface area contributed by atoms with Crippen molar-refractivity contribution in [2.24, 2.45) is 5.73 Å². The lowest BCUT2D eigenvalue weighted by molar-refractivity contribution is 0.189. The van der Waals surface area contributed by atoms with Crippen LogP contribution in [0, 0.1) is 0 Å². The molecule has 0 spiro atoms. The van der Waals surface area contributed by atoms with E-state index in [2.05, 4.69) is 5.32 Å². The summed E-state index contributed by atoms with van der Waals surface area (Å²) in [4.78, 5) is 9.95. The van der Waals surface area contributed by atoms with E-state index >= 15 is 0 Å². The van der Waals surface area contributed by atoms with Crippen molar-refractivity contribution in [2.75, 3.05) is 0 Å². The molecule has 0 aliphatic heterocycles. The quantitative estimate of drug-likeness (QED) is 0.494. The van der Waals surface area contributed by atoms with E-state index in [1.807, 2.05) is 0 Å². The van der Waals surface area contributed by atoms with Gasteiger partial charge in [-0.1, -0.05) is 0 Å². The van der Waals surface area contributed by atoms with E-state index in [4.69, 9.17) is 10.8 Å². The first-order chi connectivity index (χ1) is 4.04. The normalized spacial score (nSPS) is 16.3. The fourth-order valence-corrected chi connectivity index (χ4v) is 0.326. The number of carbonyl (C=O) groups is 1. The Morgan fingerprint density at radius 1 is 1.67 bits per heavy atom. The van der Waals surface area contributed by atoms with Gasteiger partial charge in [-0.3, -0.25) is 0 Å². The number of nitrogens with two attached hydrogens (primary N) is 1. The van der Waals surface area contributed by atoms with Gasteiger partial charge in [0.15, 0.2) is 0 Å². The summed E-state index contributed by atoms with van der Waals surface area (Å²) < 4.78 is 0.